The molecule has 1 aliphatic heterocycles. The Hall–Kier alpha value is -2.83. The minimum absolute atomic E-state index is 0.0949. The molecule has 174 valence electrons. The van der Waals surface area contributed by atoms with Crippen LogP contribution < -0.4 is 10.1 Å². The van der Waals surface area contributed by atoms with Crippen molar-refractivity contribution in [3.05, 3.63) is 81.6 Å². The average Bonchev–Trinajstić information content (AvgIpc) is 3.44. The summed E-state index contributed by atoms with van der Waals surface area (Å²) in [6.07, 6.45) is 2.36. The molecule has 2 aromatic carbocycles. The van der Waals surface area contributed by atoms with Crippen molar-refractivity contribution in [1.29, 1.82) is 0 Å². The Bertz CT molecular complexity index is 1120. The van der Waals surface area contributed by atoms with Crippen LogP contribution in [-0.4, -0.2) is 47.3 Å². The summed E-state index contributed by atoms with van der Waals surface area (Å²) in [6.45, 7) is 6.94. The number of carbonyl (C=O) groups is 1. The van der Waals surface area contributed by atoms with Crippen LogP contribution in [0.3, 0.4) is 0 Å². The van der Waals surface area contributed by atoms with Gasteiger partial charge in [-0.15, -0.1) is 0 Å². The number of hydrogen-bond acceptors (Lipinski definition) is 4. The molecular weight excluding hydrogens is 436 g/mol. The Morgan fingerprint density at radius 3 is 2.64 bits per heavy atom. The molecule has 1 fully saturated rings. The van der Waals surface area contributed by atoms with Crippen LogP contribution in [0.25, 0.3) is 0 Å². The molecule has 0 radical (unpaired) electrons. The van der Waals surface area contributed by atoms with Crippen molar-refractivity contribution in [1.82, 2.24) is 20.0 Å². The number of likely N-dealkylation sites (tertiary alicyclic amines) is 1. The van der Waals surface area contributed by atoms with E-state index in [4.69, 9.17) is 16.3 Å². The second kappa shape index (κ2) is 10.4. The zero-order chi connectivity index (χ0) is 23.4. The van der Waals surface area contributed by atoms with E-state index in [-0.39, 0.29) is 11.9 Å². The third-order valence-corrected chi connectivity index (χ3v) is 6.77. The number of nitrogens with zero attached hydrogens (tertiary/aromatic N) is 3. The molecule has 1 N–H and O–H groups in total. The van der Waals surface area contributed by atoms with Gasteiger partial charge in [0.25, 0.3) is 5.91 Å². The van der Waals surface area contributed by atoms with Crippen LogP contribution in [0.15, 0.2) is 48.5 Å². The van der Waals surface area contributed by atoms with Gasteiger partial charge in [-0.25, -0.2) is 0 Å². The maximum absolute atomic E-state index is 13.3. The van der Waals surface area contributed by atoms with E-state index in [0.29, 0.717) is 23.7 Å². The van der Waals surface area contributed by atoms with Gasteiger partial charge in [0.2, 0.25) is 0 Å². The maximum atomic E-state index is 13.3. The first-order chi connectivity index (χ1) is 16.0. The molecule has 6 nitrogen and oxygen atoms in total. The maximum Gasteiger partial charge on any atom is 0.255 e. The normalized spacial score (nSPS) is 14.9. The summed E-state index contributed by atoms with van der Waals surface area (Å²) >= 11 is 6.33. The number of nitrogens with one attached hydrogen (secondary N) is 1. The van der Waals surface area contributed by atoms with Gasteiger partial charge in [0.1, 0.15) is 5.75 Å². The summed E-state index contributed by atoms with van der Waals surface area (Å²) in [7, 11) is 1.68. The average molecular weight is 467 g/mol. The molecule has 7 heteroatoms. The van der Waals surface area contributed by atoms with Gasteiger partial charge in [-0.05, 0) is 69.1 Å². The molecular formula is C26H31ClN4O2. The lowest BCUT2D eigenvalue weighted by Crippen LogP contribution is -2.37. The second-order valence-electron chi connectivity index (χ2n) is 8.54. The topological polar surface area (TPSA) is 59.4 Å². The highest BCUT2D eigenvalue weighted by molar-refractivity contribution is 6.31. The van der Waals surface area contributed by atoms with Gasteiger partial charge in [-0.3, -0.25) is 14.4 Å². The molecule has 1 aliphatic rings. The fourth-order valence-electron chi connectivity index (χ4n) is 4.61. The summed E-state index contributed by atoms with van der Waals surface area (Å²) in [5.74, 6) is 0.734. The third kappa shape index (κ3) is 5.23. The molecule has 3 aromatic rings. The molecule has 0 saturated carbocycles. The second-order valence-corrected chi connectivity index (χ2v) is 8.95. The van der Waals surface area contributed by atoms with E-state index in [0.717, 1.165) is 41.4 Å². The number of halogens is 1. The molecule has 1 amide bonds. The lowest BCUT2D eigenvalue weighted by molar-refractivity contribution is 0.0936. The monoisotopic (exact) mass is 466 g/mol. The standard InChI is InChI=1S/C26H31ClN4O2/c1-18-25(19(2)31(29-18)17-21-9-4-5-12-23(21)27)26(32)28-16-24(30-13-6-7-14-30)20-10-8-11-22(15-20)33-3/h4-5,8-12,15,24H,6-7,13-14,16-17H2,1-3H3,(H,28,32). The number of ether oxygens (including phenoxy) is 1. The molecule has 1 unspecified atom stereocenters. The van der Waals surface area contributed by atoms with E-state index in [1.807, 2.05) is 54.9 Å². The van der Waals surface area contributed by atoms with E-state index >= 15 is 0 Å². The largest absolute Gasteiger partial charge is 0.497 e. The van der Waals surface area contributed by atoms with Crippen LogP contribution in [-0.2, 0) is 6.54 Å². The predicted molar refractivity (Wildman–Crippen MR) is 131 cm³/mol. The van der Waals surface area contributed by atoms with Crippen molar-refractivity contribution in [2.45, 2.75) is 39.3 Å². The number of methoxy groups -OCH3 is 1. The zero-order valence-corrected chi connectivity index (χ0v) is 20.2. The lowest BCUT2D eigenvalue weighted by atomic mass is 10.0. The van der Waals surface area contributed by atoms with Crippen molar-refractivity contribution >= 4 is 17.5 Å². The molecule has 1 atom stereocenters. The van der Waals surface area contributed by atoms with E-state index in [1.54, 1.807) is 7.11 Å². The Labute approximate surface area is 200 Å². The zero-order valence-electron chi connectivity index (χ0n) is 19.5. The SMILES string of the molecule is COc1cccc(C(CNC(=O)c2c(C)nn(Cc3ccccc3Cl)c2C)N2CCCC2)c1. The van der Waals surface area contributed by atoms with Crippen molar-refractivity contribution in [3.8, 4) is 5.75 Å². The lowest BCUT2D eigenvalue weighted by Gasteiger charge is -2.28. The fourth-order valence-corrected chi connectivity index (χ4v) is 4.80. The van der Waals surface area contributed by atoms with Crippen LogP contribution in [0, 0.1) is 13.8 Å². The molecule has 4 rings (SSSR count). The number of benzene rings is 2. The highest BCUT2D eigenvalue weighted by Gasteiger charge is 2.26. The Balaban J connectivity index is 1.52. The molecule has 0 aliphatic carbocycles. The van der Waals surface area contributed by atoms with Crippen molar-refractivity contribution in [3.63, 3.8) is 0 Å². The van der Waals surface area contributed by atoms with Crippen LogP contribution >= 0.6 is 11.6 Å². The van der Waals surface area contributed by atoms with Gasteiger partial charge in [0.05, 0.1) is 31.0 Å². The van der Waals surface area contributed by atoms with Gasteiger partial charge in [-0.1, -0.05) is 41.9 Å². The van der Waals surface area contributed by atoms with E-state index in [1.165, 1.54) is 12.8 Å². The van der Waals surface area contributed by atoms with Gasteiger partial charge in [-0.2, -0.15) is 5.10 Å². The van der Waals surface area contributed by atoms with Gasteiger partial charge < -0.3 is 10.1 Å². The number of rotatable bonds is 8. The predicted octanol–water partition coefficient (Wildman–Crippen LogP) is 4.78. The number of carbonyl (C=O) groups excluding carboxylic acids is 1. The summed E-state index contributed by atoms with van der Waals surface area (Å²) in [5.41, 5.74) is 4.32. The first kappa shape index (κ1) is 23.3. The summed E-state index contributed by atoms with van der Waals surface area (Å²) < 4.78 is 7.28. The molecule has 0 spiro atoms. The highest BCUT2D eigenvalue weighted by Crippen LogP contribution is 2.27. The van der Waals surface area contributed by atoms with E-state index in [2.05, 4.69) is 27.4 Å². The van der Waals surface area contributed by atoms with Crippen LogP contribution in [0.2, 0.25) is 5.02 Å². The van der Waals surface area contributed by atoms with Crippen LogP contribution in [0.4, 0.5) is 0 Å². The Morgan fingerprint density at radius 1 is 1.15 bits per heavy atom. The minimum atomic E-state index is -0.0949. The number of amides is 1. The number of hydrogen-bond donors (Lipinski definition) is 1. The van der Waals surface area contributed by atoms with Crippen LogP contribution in [0.5, 0.6) is 5.75 Å². The Morgan fingerprint density at radius 2 is 1.91 bits per heavy atom. The van der Waals surface area contributed by atoms with Gasteiger partial charge >= 0.3 is 0 Å². The quantitative estimate of drug-likeness (QED) is 0.519. The third-order valence-electron chi connectivity index (χ3n) is 6.40. The van der Waals surface area contributed by atoms with Gasteiger partial charge in [0, 0.05) is 17.3 Å². The van der Waals surface area contributed by atoms with E-state index < -0.39 is 0 Å². The summed E-state index contributed by atoms with van der Waals surface area (Å²) in [4.78, 5) is 15.7. The molecule has 0 bridgehead atoms. The minimum Gasteiger partial charge on any atom is -0.497 e. The Kier molecular flexibility index (Phi) is 7.36. The van der Waals surface area contributed by atoms with E-state index in [9.17, 15) is 4.79 Å². The fraction of sp³-hybridized carbons (Fsp3) is 0.385. The summed E-state index contributed by atoms with van der Waals surface area (Å²) in [5, 5.41) is 8.50. The van der Waals surface area contributed by atoms with Crippen molar-refractivity contribution < 1.29 is 9.53 Å². The number of aromatic nitrogens is 2. The smallest absolute Gasteiger partial charge is 0.255 e. The first-order valence-electron chi connectivity index (χ1n) is 11.4. The molecule has 2 heterocycles. The van der Waals surface area contributed by atoms with Crippen LogP contribution in [0.1, 0.15) is 51.8 Å². The van der Waals surface area contributed by atoms with Crippen molar-refractivity contribution in [2.75, 3.05) is 26.7 Å². The number of aryl methyl sites for hydroxylation is 1. The highest BCUT2D eigenvalue weighted by atomic mass is 35.5. The first-order valence-corrected chi connectivity index (χ1v) is 11.8. The molecule has 1 saturated heterocycles. The summed E-state index contributed by atoms with van der Waals surface area (Å²) in [6, 6.07) is 15.9. The van der Waals surface area contributed by atoms with Gasteiger partial charge in [0.15, 0.2) is 0 Å². The van der Waals surface area contributed by atoms with Crippen molar-refractivity contribution in [2.24, 2.45) is 0 Å². The molecule has 33 heavy (non-hydrogen) atoms. The molecule has 1 aromatic heterocycles.